The van der Waals surface area contributed by atoms with Crippen LogP contribution in [0, 0.1) is 0 Å². The van der Waals surface area contributed by atoms with E-state index in [4.69, 9.17) is 33.4 Å². The molecule has 0 radical (unpaired) electrons. The Morgan fingerprint density at radius 1 is 1.16 bits per heavy atom. The Morgan fingerprint density at radius 3 is 2.64 bits per heavy atom. The molecule has 1 aromatic heterocycles. The van der Waals surface area contributed by atoms with Gasteiger partial charge in [0.25, 0.3) is 0 Å². The van der Waals surface area contributed by atoms with Crippen LogP contribution in [-0.4, -0.2) is 27.4 Å². The highest BCUT2D eigenvalue weighted by atomic mass is 35.5. The highest BCUT2D eigenvalue weighted by Gasteiger charge is 2.25. The van der Waals surface area contributed by atoms with Gasteiger partial charge in [0.15, 0.2) is 0 Å². The van der Waals surface area contributed by atoms with Crippen LogP contribution >= 0.6 is 23.2 Å². The topological polar surface area (TPSA) is 67.1 Å². The van der Waals surface area contributed by atoms with Gasteiger partial charge in [-0.25, -0.2) is 9.48 Å². The van der Waals surface area contributed by atoms with Gasteiger partial charge in [-0.05, 0) is 48.9 Å². The second-order valence-corrected chi connectivity index (χ2v) is 6.58. The van der Waals surface area contributed by atoms with Crippen LogP contribution in [0.3, 0.4) is 0 Å². The average molecular weight is 374 g/mol. The molecular weight excluding hydrogens is 361 g/mol. The number of aromatic carboxylic acids is 1. The van der Waals surface area contributed by atoms with E-state index in [0.717, 1.165) is 41.3 Å². The molecule has 1 aliphatic heterocycles. The van der Waals surface area contributed by atoms with Gasteiger partial charge in [-0.15, -0.1) is 0 Å². The Bertz CT molecular complexity index is 981. The molecule has 1 aliphatic rings. The standard InChI is InChI=1S/C18H13Cl2N3O2/c19-11-3-6-15(20)14(9-11)16-13-7-8-21-17(13)23(22-16)12-4-1-10(2-5-12)18(24)25/h1-6,9,21H,7-8H2,(H,24,25). The second-order valence-electron chi connectivity index (χ2n) is 5.74. The van der Waals surface area contributed by atoms with Crippen molar-refractivity contribution < 1.29 is 9.90 Å². The summed E-state index contributed by atoms with van der Waals surface area (Å²) in [6.45, 7) is 0.811. The molecule has 0 saturated carbocycles. The van der Waals surface area contributed by atoms with Gasteiger partial charge in [-0.2, -0.15) is 5.10 Å². The first kappa shape index (κ1) is 16.0. The molecule has 25 heavy (non-hydrogen) atoms. The third kappa shape index (κ3) is 2.75. The minimum atomic E-state index is -0.957. The number of hydrogen-bond acceptors (Lipinski definition) is 3. The number of rotatable bonds is 3. The van der Waals surface area contributed by atoms with Gasteiger partial charge in [0.05, 0.1) is 22.0 Å². The van der Waals surface area contributed by atoms with Gasteiger partial charge in [-0.3, -0.25) is 0 Å². The Labute approximate surface area is 153 Å². The summed E-state index contributed by atoms with van der Waals surface area (Å²) in [6.07, 6.45) is 0.834. The molecule has 0 saturated heterocycles. The lowest BCUT2D eigenvalue weighted by atomic mass is 10.1. The Kier molecular flexibility index (Phi) is 3.90. The van der Waals surface area contributed by atoms with Gasteiger partial charge in [0, 0.05) is 22.7 Å². The molecule has 0 fully saturated rings. The third-order valence-electron chi connectivity index (χ3n) is 4.19. The maximum absolute atomic E-state index is 11.0. The molecule has 2 aromatic carbocycles. The molecular formula is C18H13Cl2N3O2. The van der Waals surface area contributed by atoms with Gasteiger partial charge in [0.1, 0.15) is 5.82 Å². The van der Waals surface area contributed by atoms with Crippen molar-refractivity contribution in [2.24, 2.45) is 0 Å². The number of carboxylic acids is 1. The lowest BCUT2D eigenvalue weighted by molar-refractivity contribution is 0.0697. The number of nitrogens with one attached hydrogen (secondary N) is 1. The first-order valence-electron chi connectivity index (χ1n) is 7.69. The molecule has 7 heteroatoms. The molecule has 0 aliphatic carbocycles. The Morgan fingerprint density at radius 2 is 1.92 bits per heavy atom. The number of benzene rings is 2. The molecule has 0 atom stereocenters. The summed E-state index contributed by atoms with van der Waals surface area (Å²) in [6, 6.07) is 11.9. The lowest BCUT2D eigenvalue weighted by Gasteiger charge is -2.07. The number of anilines is 1. The fraction of sp³-hybridized carbons (Fsp3) is 0.111. The number of fused-ring (bicyclic) bond motifs is 1. The van der Waals surface area contributed by atoms with E-state index < -0.39 is 5.97 Å². The van der Waals surface area contributed by atoms with E-state index in [2.05, 4.69) is 5.32 Å². The summed E-state index contributed by atoms with van der Waals surface area (Å²) in [5.41, 5.74) is 3.66. The summed E-state index contributed by atoms with van der Waals surface area (Å²) in [7, 11) is 0. The summed E-state index contributed by atoms with van der Waals surface area (Å²) in [5.74, 6) is -0.0594. The number of hydrogen-bond donors (Lipinski definition) is 2. The first-order valence-corrected chi connectivity index (χ1v) is 8.45. The maximum Gasteiger partial charge on any atom is 0.335 e. The Hall–Kier alpha value is -2.50. The van der Waals surface area contributed by atoms with Crippen LogP contribution in [0.25, 0.3) is 16.9 Å². The SMILES string of the molecule is O=C(O)c1ccc(-n2nc(-c3cc(Cl)ccc3Cl)c3c2NCC3)cc1. The summed E-state index contributed by atoms with van der Waals surface area (Å²) in [4.78, 5) is 11.0. The average Bonchev–Trinajstić information content (AvgIpc) is 3.20. The number of carbonyl (C=O) groups is 1. The number of halogens is 2. The van der Waals surface area contributed by atoms with Crippen molar-refractivity contribution in [2.45, 2.75) is 6.42 Å². The third-order valence-corrected chi connectivity index (χ3v) is 4.76. The van der Waals surface area contributed by atoms with Gasteiger partial charge in [-0.1, -0.05) is 23.2 Å². The molecule has 4 rings (SSSR count). The maximum atomic E-state index is 11.0. The monoisotopic (exact) mass is 373 g/mol. The van der Waals surface area contributed by atoms with Crippen molar-refractivity contribution in [1.29, 1.82) is 0 Å². The summed E-state index contributed by atoms with van der Waals surface area (Å²) < 4.78 is 1.78. The predicted molar refractivity (Wildman–Crippen MR) is 98.2 cm³/mol. The predicted octanol–water partition coefficient (Wildman–Crippen LogP) is 4.51. The molecule has 2 N–H and O–H groups in total. The van der Waals surface area contributed by atoms with Crippen molar-refractivity contribution in [3.8, 4) is 16.9 Å². The molecule has 126 valence electrons. The van der Waals surface area contributed by atoms with Crippen LogP contribution in [-0.2, 0) is 6.42 Å². The zero-order valence-corrected chi connectivity index (χ0v) is 14.5. The molecule has 0 amide bonds. The fourth-order valence-electron chi connectivity index (χ4n) is 3.00. The molecule has 0 unspecified atom stereocenters. The molecule has 0 bridgehead atoms. The van der Waals surface area contributed by atoms with E-state index in [-0.39, 0.29) is 5.56 Å². The minimum absolute atomic E-state index is 0.235. The molecule has 0 spiro atoms. The zero-order chi connectivity index (χ0) is 17.6. The van der Waals surface area contributed by atoms with E-state index in [1.807, 2.05) is 6.07 Å². The first-order chi connectivity index (χ1) is 12.0. The summed E-state index contributed by atoms with van der Waals surface area (Å²) in [5, 5.41) is 18.3. The Balaban J connectivity index is 1.86. The van der Waals surface area contributed by atoms with Crippen LogP contribution in [0.5, 0.6) is 0 Å². The number of nitrogens with zero attached hydrogens (tertiary/aromatic N) is 2. The van der Waals surface area contributed by atoms with E-state index in [1.54, 1.807) is 41.1 Å². The van der Waals surface area contributed by atoms with Crippen LogP contribution in [0.1, 0.15) is 15.9 Å². The lowest BCUT2D eigenvalue weighted by Crippen LogP contribution is -2.05. The van der Waals surface area contributed by atoms with E-state index in [0.29, 0.717) is 10.0 Å². The van der Waals surface area contributed by atoms with Crippen molar-refractivity contribution >= 4 is 35.0 Å². The van der Waals surface area contributed by atoms with E-state index in [9.17, 15) is 4.79 Å². The van der Waals surface area contributed by atoms with Crippen LogP contribution in [0.15, 0.2) is 42.5 Å². The van der Waals surface area contributed by atoms with Crippen molar-refractivity contribution in [1.82, 2.24) is 9.78 Å². The quantitative estimate of drug-likeness (QED) is 0.708. The van der Waals surface area contributed by atoms with Crippen LogP contribution in [0.2, 0.25) is 10.0 Å². The highest BCUT2D eigenvalue weighted by Crippen LogP contribution is 2.38. The number of aromatic nitrogens is 2. The van der Waals surface area contributed by atoms with Gasteiger partial charge >= 0.3 is 5.97 Å². The van der Waals surface area contributed by atoms with Crippen LogP contribution < -0.4 is 5.32 Å². The van der Waals surface area contributed by atoms with Gasteiger partial charge in [0.2, 0.25) is 0 Å². The molecule has 5 nitrogen and oxygen atoms in total. The van der Waals surface area contributed by atoms with Crippen molar-refractivity contribution in [3.05, 3.63) is 63.6 Å². The second kappa shape index (κ2) is 6.10. The zero-order valence-electron chi connectivity index (χ0n) is 13.0. The van der Waals surface area contributed by atoms with E-state index >= 15 is 0 Å². The van der Waals surface area contributed by atoms with Gasteiger partial charge < -0.3 is 10.4 Å². The number of carboxylic acid groups (broad SMARTS) is 1. The van der Waals surface area contributed by atoms with E-state index in [1.165, 1.54) is 0 Å². The molecule has 3 aromatic rings. The van der Waals surface area contributed by atoms with Crippen LogP contribution in [0.4, 0.5) is 5.82 Å². The minimum Gasteiger partial charge on any atom is -0.478 e. The normalized spacial score (nSPS) is 12.7. The fourth-order valence-corrected chi connectivity index (χ4v) is 3.38. The smallest absolute Gasteiger partial charge is 0.335 e. The van der Waals surface area contributed by atoms with Crippen molar-refractivity contribution in [3.63, 3.8) is 0 Å². The molecule has 2 heterocycles. The highest BCUT2D eigenvalue weighted by molar-refractivity contribution is 6.35. The van der Waals surface area contributed by atoms with Crippen molar-refractivity contribution in [2.75, 3.05) is 11.9 Å². The summed E-state index contributed by atoms with van der Waals surface area (Å²) >= 11 is 12.5. The largest absolute Gasteiger partial charge is 0.478 e.